The zero-order chi connectivity index (χ0) is 13.1. The van der Waals surface area contributed by atoms with Gasteiger partial charge in [-0.05, 0) is 31.4 Å². The second kappa shape index (κ2) is 5.34. The van der Waals surface area contributed by atoms with E-state index in [1.165, 1.54) is 0 Å². The highest BCUT2D eigenvalue weighted by atomic mass is 16.2. The number of carbonyl (C=O) groups excluding carboxylic acids is 2. The minimum atomic E-state index is 0.0625. The minimum absolute atomic E-state index is 0.0625. The molecule has 0 bridgehead atoms. The zero-order valence-corrected chi connectivity index (χ0v) is 11.0. The third-order valence-electron chi connectivity index (χ3n) is 3.76. The van der Waals surface area contributed by atoms with Gasteiger partial charge in [0.1, 0.15) is 5.78 Å². The molecular weight excluding hydrogens is 226 g/mol. The molecule has 0 unspecified atom stereocenters. The molecule has 0 aliphatic heterocycles. The monoisotopic (exact) mass is 245 g/mol. The Morgan fingerprint density at radius 3 is 2.44 bits per heavy atom. The average Bonchev–Trinajstić information content (AvgIpc) is 2.38. The van der Waals surface area contributed by atoms with Gasteiger partial charge in [-0.1, -0.05) is 18.2 Å². The van der Waals surface area contributed by atoms with Gasteiger partial charge < -0.3 is 4.90 Å². The molecule has 1 aliphatic rings. The van der Waals surface area contributed by atoms with Crippen LogP contribution in [-0.2, 0) is 4.79 Å². The number of amides is 1. The molecular formula is C15H19NO2. The summed E-state index contributed by atoms with van der Waals surface area (Å²) < 4.78 is 0. The Balaban J connectivity index is 2.09. The van der Waals surface area contributed by atoms with Gasteiger partial charge in [0, 0.05) is 31.5 Å². The summed E-state index contributed by atoms with van der Waals surface area (Å²) in [6.45, 7) is 1.95. The molecule has 1 aliphatic carbocycles. The molecule has 1 fully saturated rings. The first-order valence-electron chi connectivity index (χ1n) is 6.44. The van der Waals surface area contributed by atoms with Crippen LogP contribution in [0.1, 0.15) is 41.6 Å². The molecule has 1 aromatic carbocycles. The molecule has 1 saturated carbocycles. The van der Waals surface area contributed by atoms with Crippen LogP contribution in [0.15, 0.2) is 24.3 Å². The van der Waals surface area contributed by atoms with Crippen LogP contribution in [0, 0.1) is 6.92 Å². The standard InChI is InChI=1S/C15H19NO2/c1-11-5-3-4-6-14(11)15(18)16(2)12-7-9-13(17)10-8-12/h3-6,12H,7-10H2,1-2H3. The Morgan fingerprint density at radius 2 is 1.83 bits per heavy atom. The molecule has 1 amide bonds. The van der Waals surface area contributed by atoms with Gasteiger partial charge >= 0.3 is 0 Å². The van der Waals surface area contributed by atoms with E-state index < -0.39 is 0 Å². The van der Waals surface area contributed by atoms with E-state index in [1.54, 1.807) is 4.90 Å². The molecule has 0 spiro atoms. The number of aryl methyl sites for hydroxylation is 1. The lowest BCUT2D eigenvalue weighted by molar-refractivity contribution is -0.121. The van der Waals surface area contributed by atoms with Crippen molar-refractivity contribution >= 4 is 11.7 Å². The molecule has 18 heavy (non-hydrogen) atoms. The first-order chi connectivity index (χ1) is 8.59. The maximum Gasteiger partial charge on any atom is 0.254 e. The van der Waals surface area contributed by atoms with Crippen molar-refractivity contribution < 1.29 is 9.59 Å². The van der Waals surface area contributed by atoms with Crippen molar-refractivity contribution in [2.75, 3.05) is 7.05 Å². The fourth-order valence-electron chi connectivity index (χ4n) is 2.48. The summed E-state index contributed by atoms with van der Waals surface area (Å²) in [6, 6.07) is 7.84. The van der Waals surface area contributed by atoms with Crippen LogP contribution in [-0.4, -0.2) is 29.7 Å². The van der Waals surface area contributed by atoms with E-state index in [-0.39, 0.29) is 11.9 Å². The topological polar surface area (TPSA) is 37.4 Å². The lowest BCUT2D eigenvalue weighted by atomic mass is 9.93. The lowest BCUT2D eigenvalue weighted by Crippen LogP contribution is -2.39. The first-order valence-corrected chi connectivity index (χ1v) is 6.44. The van der Waals surface area contributed by atoms with Crippen molar-refractivity contribution in [2.24, 2.45) is 0 Å². The molecule has 1 aromatic rings. The second-order valence-corrected chi connectivity index (χ2v) is 5.00. The first kappa shape index (κ1) is 12.8. The maximum atomic E-state index is 12.4. The normalized spacial score (nSPS) is 16.7. The summed E-state index contributed by atoms with van der Waals surface area (Å²) in [5, 5.41) is 0. The Morgan fingerprint density at radius 1 is 1.22 bits per heavy atom. The van der Waals surface area contributed by atoms with Crippen LogP contribution in [0.25, 0.3) is 0 Å². The largest absolute Gasteiger partial charge is 0.339 e. The van der Waals surface area contributed by atoms with E-state index in [1.807, 2.05) is 38.2 Å². The average molecular weight is 245 g/mol. The second-order valence-electron chi connectivity index (χ2n) is 5.00. The molecule has 0 atom stereocenters. The number of benzene rings is 1. The third-order valence-corrected chi connectivity index (χ3v) is 3.76. The van der Waals surface area contributed by atoms with E-state index in [0.717, 1.165) is 24.0 Å². The number of hydrogen-bond donors (Lipinski definition) is 0. The van der Waals surface area contributed by atoms with Crippen molar-refractivity contribution in [3.63, 3.8) is 0 Å². The highest BCUT2D eigenvalue weighted by molar-refractivity contribution is 5.95. The number of ketones is 1. The molecule has 0 aromatic heterocycles. The van der Waals surface area contributed by atoms with Gasteiger partial charge in [0.15, 0.2) is 0 Å². The van der Waals surface area contributed by atoms with Crippen LogP contribution in [0.5, 0.6) is 0 Å². The van der Waals surface area contributed by atoms with Crippen molar-refractivity contribution in [3.8, 4) is 0 Å². The van der Waals surface area contributed by atoms with E-state index in [2.05, 4.69) is 0 Å². The molecule has 96 valence electrons. The van der Waals surface area contributed by atoms with Gasteiger partial charge in [0.2, 0.25) is 0 Å². The van der Waals surface area contributed by atoms with E-state index >= 15 is 0 Å². The molecule has 2 rings (SSSR count). The summed E-state index contributed by atoms with van der Waals surface area (Å²) in [7, 11) is 1.84. The Hall–Kier alpha value is -1.64. The van der Waals surface area contributed by atoms with E-state index in [9.17, 15) is 9.59 Å². The van der Waals surface area contributed by atoms with Gasteiger partial charge in [0.05, 0.1) is 0 Å². The van der Waals surface area contributed by atoms with Crippen LogP contribution in [0.3, 0.4) is 0 Å². The number of Topliss-reactive ketones (excluding diaryl/α,β-unsaturated/α-hetero) is 1. The van der Waals surface area contributed by atoms with Gasteiger partial charge in [0.25, 0.3) is 5.91 Å². The van der Waals surface area contributed by atoms with Crippen LogP contribution < -0.4 is 0 Å². The van der Waals surface area contributed by atoms with Crippen molar-refractivity contribution in [3.05, 3.63) is 35.4 Å². The fraction of sp³-hybridized carbons (Fsp3) is 0.467. The van der Waals surface area contributed by atoms with Crippen molar-refractivity contribution in [2.45, 2.75) is 38.6 Å². The number of carbonyl (C=O) groups is 2. The number of hydrogen-bond acceptors (Lipinski definition) is 2. The summed E-state index contributed by atoms with van der Waals surface area (Å²) in [5.74, 6) is 0.385. The van der Waals surface area contributed by atoms with E-state index in [4.69, 9.17) is 0 Å². The highest BCUT2D eigenvalue weighted by Crippen LogP contribution is 2.21. The van der Waals surface area contributed by atoms with Gasteiger partial charge in [-0.15, -0.1) is 0 Å². The molecule has 3 heteroatoms. The summed E-state index contributed by atoms with van der Waals surface area (Å²) >= 11 is 0. The highest BCUT2D eigenvalue weighted by Gasteiger charge is 2.26. The van der Waals surface area contributed by atoms with Crippen molar-refractivity contribution in [1.82, 2.24) is 4.90 Å². The molecule has 0 N–H and O–H groups in total. The molecule has 0 heterocycles. The number of nitrogens with zero attached hydrogens (tertiary/aromatic N) is 1. The lowest BCUT2D eigenvalue weighted by Gasteiger charge is -2.31. The van der Waals surface area contributed by atoms with Crippen LogP contribution >= 0.6 is 0 Å². The van der Waals surface area contributed by atoms with Gasteiger partial charge in [-0.3, -0.25) is 9.59 Å². The Bertz CT molecular complexity index is 457. The van der Waals surface area contributed by atoms with Crippen LogP contribution in [0.2, 0.25) is 0 Å². The van der Waals surface area contributed by atoms with E-state index in [0.29, 0.717) is 18.6 Å². The smallest absolute Gasteiger partial charge is 0.254 e. The van der Waals surface area contributed by atoms with Gasteiger partial charge in [-0.25, -0.2) is 0 Å². The minimum Gasteiger partial charge on any atom is -0.339 e. The Kier molecular flexibility index (Phi) is 3.80. The SMILES string of the molecule is Cc1ccccc1C(=O)N(C)C1CCC(=O)CC1. The van der Waals surface area contributed by atoms with Crippen LogP contribution in [0.4, 0.5) is 0 Å². The molecule has 0 radical (unpaired) electrons. The summed E-state index contributed by atoms with van der Waals surface area (Å²) in [4.78, 5) is 25.4. The number of rotatable bonds is 2. The predicted molar refractivity (Wildman–Crippen MR) is 70.5 cm³/mol. The predicted octanol–water partition coefficient (Wildman–Crippen LogP) is 2.58. The summed E-state index contributed by atoms with van der Waals surface area (Å²) in [5.41, 5.74) is 1.76. The Labute approximate surface area is 108 Å². The quantitative estimate of drug-likeness (QED) is 0.803. The van der Waals surface area contributed by atoms with Crippen molar-refractivity contribution in [1.29, 1.82) is 0 Å². The molecule has 3 nitrogen and oxygen atoms in total. The third kappa shape index (κ3) is 2.61. The summed E-state index contributed by atoms with van der Waals surface area (Å²) in [6.07, 6.45) is 2.81. The fourth-order valence-corrected chi connectivity index (χ4v) is 2.48. The zero-order valence-electron chi connectivity index (χ0n) is 11.0. The van der Waals surface area contributed by atoms with Gasteiger partial charge in [-0.2, -0.15) is 0 Å². The molecule has 0 saturated heterocycles. The maximum absolute atomic E-state index is 12.4.